The number of nitrogens with one attached hydrogen (secondary N) is 1. The van der Waals surface area contributed by atoms with E-state index in [1.807, 2.05) is 44.2 Å². The van der Waals surface area contributed by atoms with Crippen molar-refractivity contribution in [2.75, 3.05) is 6.54 Å². The van der Waals surface area contributed by atoms with Crippen molar-refractivity contribution in [3.05, 3.63) is 108 Å². The van der Waals surface area contributed by atoms with Crippen LogP contribution in [0.4, 0.5) is 0 Å². The molecular weight excluding hydrogens is 446 g/mol. The molecule has 0 aromatic heterocycles. The highest BCUT2D eigenvalue weighted by Gasteiger charge is 2.27. The highest BCUT2D eigenvalue weighted by Crippen LogP contribution is 2.06. The molecule has 7 heteroatoms. The van der Waals surface area contributed by atoms with E-state index in [0.29, 0.717) is 12.1 Å². The number of rotatable bonds is 0. The molecule has 4 atom stereocenters. The minimum Gasteiger partial charge on any atom is -0.508 e. The van der Waals surface area contributed by atoms with Crippen LogP contribution in [0.3, 0.4) is 0 Å². The first-order valence-electron chi connectivity index (χ1n) is 11.3. The monoisotopic (exact) mass is 481 g/mol. The van der Waals surface area contributed by atoms with Gasteiger partial charge in [-0.2, -0.15) is 0 Å². The molecule has 0 saturated carbocycles. The van der Waals surface area contributed by atoms with Crippen LogP contribution < -0.4 is 5.32 Å². The molecule has 4 unspecified atom stereocenters. The van der Waals surface area contributed by atoms with Gasteiger partial charge in [0.2, 0.25) is 5.91 Å². The lowest BCUT2D eigenvalue weighted by Gasteiger charge is -2.18. The summed E-state index contributed by atoms with van der Waals surface area (Å²) in [5.41, 5.74) is 1.59. The molecule has 0 aromatic rings. The third-order valence-electron chi connectivity index (χ3n) is 4.78. The highest BCUT2D eigenvalue weighted by molar-refractivity contribution is 5.94. The maximum absolute atomic E-state index is 12.1. The van der Waals surface area contributed by atoms with Gasteiger partial charge in [0.25, 0.3) is 0 Å². The minimum atomic E-state index is -1.79. The van der Waals surface area contributed by atoms with Gasteiger partial charge in [-0.05, 0) is 31.9 Å². The molecule has 0 aromatic carbocycles. The number of hydrogen-bond donors (Lipinski definition) is 5. The molecule has 0 saturated heterocycles. The predicted molar refractivity (Wildman–Crippen MR) is 138 cm³/mol. The van der Waals surface area contributed by atoms with Crippen molar-refractivity contribution in [1.29, 1.82) is 0 Å². The van der Waals surface area contributed by atoms with E-state index >= 15 is 0 Å². The van der Waals surface area contributed by atoms with Crippen LogP contribution in [-0.4, -0.2) is 57.0 Å². The predicted octanol–water partition coefficient (Wildman–Crippen LogP) is 3.08. The Balaban J connectivity index is 3.09. The van der Waals surface area contributed by atoms with Gasteiger partial charge in [0.1, 0.15) is 24.1 Å². The molecule has 1 amide bonds. The zero-order valence-corrected chi connectivity index (χ0v) is 20.3. The third kappa shape index (κ3) is 13.1. The summed E-state index contributed by atoms with van der Waals surface area (Å²) in [6, 6.07) is 0. The second-order valence-electron chi connectivity index (χ2n) is 8.15. The number of aliphatic hydroxyl groups is 4. The molecule has 1 rings (SSSR count). The second-order valence-corrected chi connectivity index (χ2v) is 8.15. The molecule has 0 fully saturated rings. The normalized spacial score (nSPS) is 36.1. The molecule has 7 nitrogen and oxygen atoms in total. The van der Waals surface area contributed by atoms with E-state index in [1.165, 1.54) is 24.3 Å². The fraction of sp³-hybridized carbons (Fsp3) is 0.286. The van der Waals surface area contributed by atoms with Crippen LogP contribution in [0.5, 0.6) is 0 Å². The molecule has 5 N–H and O–H groups in total. The largest absolute Gasteiger partial charge is 0.508 e. The molecule has 35 heavy (non-hydrogen) atoms. The number of amides is 1. The fourth-order valence-corrected chi connectivity index (χ4v) is 2.66. The summed E-state index contributed by atoms with van der Waals surface area (Å²) in [6.07, 6.45) is 18.6. The smallest absolute Gasteiger partial charge is 0.247 e. The number of carbonyl (C=O) groups is 2. The number of ketones is 1. The quantitative estimate of drug-likeness (QED) is 0.362. The maximum atomic E-state index is 12.1. The number of hydrogen-bond acceptors (Lipinski definition) is 6. The average molecular weight is 482 g/mol. The SMILES string of the molecule is CC1=C\C=C\C=C\C(C)CNC(=O)\C=C(O)/C=C/C(C)=C/C=C/C(O)C(O)C(O)C(=O)/C=C\C=C\1. The summed E-state index contributed by atoms with van der Waals surface area (Å²) < 4.78 is 0. The molecule has 1 aliphatic heterocycles. The lowest BCUT2D eigenvalue weighted by molar-refractivity contribution is -0.131. The van der Waals surface area contributed by atoms with E-state index in [4.69, 9.17) is 0 Å². The average Bonchev–Trinajstić information content (AvgIpc) is 2.82. The Hall–Kier alpha value is -3.52. The summed E-state index contributed by atoms with van der Waals surface area (Å²) in [5.74, 6) is -1.30. The van der Waals surface area contributed by atoms with Crippen molar-refractivity contribution in [2.45, 2.75) is 39.1 Å². The van der Waals surface area contributed by atoms with Gasteiger partial charge in [0.05, 0.1) is 0 Å². The Morgan fingerprint density at radius 3 is 2.20 bits per heavy atom. The van der Waals surface area contributed by atoms with E-state index in [0.717, 1.165) is 17.7 Å². The van der Waals surface area contributed by atoms with Crippen molar-refractivity contribution >= 4 is 11.7 Å². The van der Waals surface area contributed by atoms with Gasteiger partial charge >= 0.3 is 0 Å². The van der Waals surface area contributed by atoms with Crippen LogP contribution in [0.1, 0.15) is 20.8 Å². The van der Waals surface area contributed by atoms with Gasteiger partial charge in [-0.25, -0.2) is 0 Å². The summed E-state index contributed by atoms with van der Waals surface area (Å²) >= 11 is 0. The maximum Gasteiger partial charge on any atom is 0.247 e. The molecule has 0 spiro atoms. The molecule has 0 radical (unpaired) electrons. The van der Waals surface area contributed by atoms with Crippen LogP contribution in [0.25, 0.3) is 0 Å². The Morgan fingerprint density at radius 1 is 0.800 bits per heavy atom. The van der Waals surface area contributed by atoms with Gasteiger partial charge in [-0.15, -0.1) is 0 Å². The number of carbonyl (C=O) groups excluding carboxylic acids is 2. The van der Waals surface area contributed by atoms with Crippen molar-refractivity contribution in [3.63, 3.8) is 0 Å². The fourth-order valence-electron chi connectivity index (χ4n) is 2.66. The molecule has 1 aliphatic rings. The van der Waals surface area contributed by atoms with Gasteiger partial charge in [-0.3, -0.25) is 9.59 Å². The molecular formula is C28H35NO6. The molecule has 1 heterocycles. The van der Waals surface area contributed by atoms with Crippen LogP contribution in [-0.2, 0) is 9.59 Å². The Bertz CT molecular complexity index is 991. The van der Waals surface area contributed by atoms with Crippen LogP contribution in [0, 0.1) is 5.92 Å². The molecule has 0 aliphatic carbocycles. The van der Waals surface area contributed by atoms with E-state index in [9.17, 15) is 30.0 Å². The van der Waals surface area contributed by atoms with E-state index in [-0.39, 0.29) is 11.7 Å². The van der Waals surface area contributed by atoms with Crippen LogP contribution in [0.15, 0.2) is 108 Å². The van der Waals surface area contributed by atoms with Crippen LogP contribution >= 0.6 is 0 Å². The lowest BCUT2D eigenvalue weighted by atomic mass is 10.0. The van der Waals surface area contributed by atoms with E-state index in [1.54, 1.807) is 31.2 Å². The second kappa shape index (κ2) is 16.2. The van der Waals surface area contributed by atoms with Crippen molar-refractivity contribution in [3.8, 4) is 0 Å². The van der Waals surface area contributed by atoms with Crippen LogP contribution in [0.2, 0.25) is 0 Å². The van der Waals surface area contributed by atoms with Crippen molar-refractivity contribution in [1.82, 2.24) is 5.32 Å². The topological polar surface area (TPSA) is 127 Å². The van der Waals surface area contributed by atoms with E-state index in [2.05, 4.69) is 5.32 Å². The lowest BCUT2D eigenvalue weighted by Crippen LogP contribution is -2.40. The first-order valence-corrected chi connectivity index (χ1v) is 11.3. The van der Waals surface area contributed by atoms with Crippen molar-refractivity contribution in [2.24, 2.45) is 5.92 Å². The number of allylic oxidation sites excluding steroid dienone is 13. The van der Waals surface area contributed by atoms with E-state index < -0.39 is 30.0 Å². The van der Waals surface area contributed by atoms with Gasteiger partial charge in [-0.1, -0.05) is 91.0 Å². The summed E-state index contributed by atoms with van der Waals surface area (Å²) in [6.45, 7) is 5.96. The zero-order valence-electron chi connectivity index (χ0n) is 20.3. The van der Waals surface area contributed by atoms with Gasteiger partial charge in [0, 0.05) is 12.6 Å². The minimum absolute atomic E-state index is 0.0853. The Kier molecular flexibility index (Phi) is 13.6. The molecule has 0 bridgehead atoms. The highest BCUT2D eigenvalue weighted by atomic mass is 16.4. The number of aliphatic hydroxyl groups excluding tert-OH is 4. The Morgan fingerprint density at radius 2 is 1.46 bits per heavy atom. The summed E-state index contributed by atoms with van der Waals surface area (Å²) in [5, 5.41) is 42.8. The standard InChI is InChI=1S/C28H35NO6/c1-20-10-5-4-6-12-22(3)19-29-26(33)18-23(30)17-16-21(2)13-9-15-25(32)28(35)27(34)24(31)14-8-7-11-20/h4-18,22,25,27-28,30,32,34-35H,19H2,1-3H3,(H,29,33)/b5-4+,11-7+,12-6+,14-8-,15-9+,17-16+,20-10+,21-13+,23-18+. The zero-order chi connectivity index (χ0) is 26.2. The summed E-state index contributed by atoms with van der Waals surface area (Å²) in [4.78, 5) is 24.0. The third-order valence-corrected chi connectivity index (χ3v) is 4.78. The Labute approximate surface area is 206 Å². The summed E-state index contributed by atoms with van der Waals surface area (Å²) in [7, 11) is 0. The van der Waals surface area contributed by atoms with Crippen molar-refractivity contribution < 1.29 is 30.0 Å². The van der Waals surface area contributed by atoms with Gasteiger partial charge < -0.3 is 25.7 Å². The first kappa shape index (κ1) is 29.5. The molecule has 188 valence electrons. The van der Waals surface area contributed by atoms with Gasteiger partial charge in [0.15, 0.2) is 5.78 Å². The first-order chi connectivity index (χ1) is 16.6.